The van der Waals surface area contributed by atoms with Crippen molar-refractivity contribution in [3.63, 3.8) is 0 Å². The Bertz CT molecular complexity index is 356. The normalized spacial score (nSPS) is 10.0. The summed E-state index contributed by atoms with van der Waals surface area (Å²) >= 11 is 0. The summed E-state index contributed by atoms with van der Waals surface area (Å²) in [5.41, 5.74) is 0. The molecule has 0 aromatic rings. The van der Waals surface area contributed by atoms with E-state index in [2.05, 4.69) is 10.6 Å². The second-order valence-electron chi connectivity index (χ2n) is 4.97. The van der Waals surface area contributed by atoms with E-state index in [0.717, 1.165) is 12.6 Å². The predicted octanol–water partition coefficient (Wildman–Crippen LogP) is 0.430. The van der Waals surface area contributed by atoms with E-state index in [-0.39, 0.29) is 26.3 Å². The molecule has 2 N–H and O–H groups in total. The van der Waals surface area contributed by atoms with E-state index in [1.807, 2.05) is 0 Å². The molecule has 0 atom stereocenters. The molecule has 0 rings (SSSR count). The van der Waals surface area contributed by atoms with Crippen molar-refractivity contribution in [2.75, 3.05) is 52.7 Å². The zero-order valence-electron chi connectivity index (χ0n) is 14.9. The predicted molar refractivity (Wildman–Crippen MR) is 90.9 cm³/mol. The highest BCUT2D eigenvalue weighted by Gasteiger charge is 2.04. The van der Waals surface area contributed by atoms with Crippen LogP contribution in [-0.4, -0.2) is 77.5 Å². The maximum atomic E-state index is 11.3. The third-order valence-corrected chi connectivity index (χ3v) is 2.80. The number of aldehydes is 2. The molecule has 150 valence electrons. The van der Waals surface area contributed by atoms with E-state index in [0.29, 0.717) is 52.1 Å². The van der Waals surface area contributed by atoms with Gasteiger partial charge in [0.05, 0.1) is 13.2 Å². The van der Waals surface area contributed by atoms with Crippen molar-refractivity contribution in [1.29, 1.82) is 0 Å². The summed E-state index contributed by atoms with van der Waals surface area (Å²) in [7, 11) is 0. The quantitative estimate of drug-likeness (QED) is 0.276. The molecule has 2 amide bonds. The molecule has 0 aromatic heterocycles. The lowest BCUT2D eigenvalue weighted by atomic mass is 10.3. The Morgan fingerprint density at radius 2 is 1.08 bits per heavy atom. The van der Waals surface area contributed by atoms with E-state index < -0.39 is 12.2 Å². The summed E-state index contributed by atoms with van der Waals surface area (Å²) in [5.74, 6) is 0. The summed E-state index contributed by atoms with van der Waals surface area (Å²) in [6, 6.07) is 0. The number of carbonyl (C=O) groups excluding carboxylic acids is 4. The number of nitrogens with one attached hydrogen (secondary N) is 2. The third kappa shape index (κ3) is 18.1. The average Bonchev–Trinajstić information content (AvgIpc) is 2.64. The van der Waals surface area contributed by atoms with Gasteiger partial charge in [-0.1, -0.05) is 0 Å². The Morgan fingerprint density at radius 3 is 1.46 bits per heavy atom. The molecule has 0 aliphatic rings. The average molecular weight is 376 g/mol. The first kappa shape index (κ1) is 23.8. The highest BCUT2D eigenvalue weighted by atomic mass is 16.6. The van der Waals surface area contributed by atoms with E-state index >= 15 is 0 Å². The summed E-state index contributed by atoms with van der Waals surface area (Å²) < 4.78 is 20.0. The third-order valence-electron chi connectivity index (χ3n) is 2.80. The highest BCUT2D eigenvalue weighted by molar-refractivity contribution is 5.67. The minimum Gasteiger partial charge on any atom is -0.446 e. The van der Waals surface area contributed by atoms with Crippen LogP contribution in [0.5, 0.6) is 0 Å². The van der Waals surface area contributed by atoms with Gasteiger partial charge >= 0.3 is 12.2 Å². The van der Waals surface area contributed by atoms with Crippen LogP contribution in [-0.2, 0) is 28.5 Å². The van der Waals surface area contributed by atoms with Crippen LogP contribution < -0.4 is 10.6 Å². The second kappa shape index (κ2) is 19.1. The number of rotatable bonds is 17. The molecule has 0 radical (unpaired) electrons. The van der Waals surface area contributed by atoms with Crippen molar-refractivity contribution in [1.82, 2.24) is 10.6 Å². The van der Waals surface area contributed by atoms with Crippen molar-refractivity contribution >= 4 is 24.8 Å². The lowest BCUT2D eigenvalue weighted by Gasteiger charge is -2.09. The van der Waals surface area contributed by atoms with Crippen LogP contribution in [0, 0.1) is 0 Å². The molecule has 26 heavy (non-hydrogen) atoms. The van der Waals surface area contributed by atoms with Gasteiger partial charge in [0.1, 0.15) is 25.8 Å². The molecule has 0 spiro atoms. The van der Waals surface area contributed by atoms with Gasteiger partial charge in [-0.05, 0) is 12.8 Å². The standard InChI is InChI=1S/C16H28N2O8/c19-7-1-3-9-23-11-5-17-15(21)25-13-14-26-16(22)18-6-12-24-10-4-2-8-20/h7-8H,1-6,9-14H2,(H,17,21)(H,18,22). The topological polar surface area (TPSA) is 129 Å². The van der Waals surface area contributed by atoms with E-state index in [1.54, 1.807) is 0 Å². The summed E-state index contributed by atoms with van der Waals surface area (Å²) in [6.07, 6.45) is 2.61. The maximum Gasteiger partial charge on any atom is 0.407 e. The van der Waals surface area contributed by atoms with Gasteiger partial charge in [0.2, 0.25) is 0 Å². The summed E-state index contributed by atoms with van der Waals surface area (Å²) in [4.78, 5) is 42.8. The van der Waals surface area contributed by atoms with Gasteiger partial charge in [-0.3, -0.25) is 0 Å². The molecule has 0 unspecified atom stereocenters. The monoisotopic (exact) mass is 376 g/mol. The smallest absolute Gasteiger partial charge is 0.407 e. The number of amides is 2. The van der Waals surface area contributed by atoms with Crippen LogP contribution in [0.3, 0.4) is 0 Å². The van der Waals surface area contributed by atoms with Crippen LogP contribution >= 0.6 is 0 Å². The molecule has 0 aliphatic heterocycles. The Morgan fingerprint density at radius 1 is 0.654 bits per heavy atom. The van der Waals surface area contributed by atoms with E-state index in [1.165, 1.54) is 0 Å². The molecule has 0 heterocycles. The summed E-state index contributed by atoms with van der Waals surface area (Å²) in [5, 5.41) is 4.95. The molecule has 0 fully saturated rings. The molecule has 10 nitrogen and oxygen atoms in total. The first-order valence-corrected chi connectivity index (χ1v) is 8.54. The first-order chi connectivity index (χ1) is 12.7. The van der Waals surface area contributed by atoms with Gasteiger partial charge in [-0.25, -0.2) is 9.59 Å². The number of unbranched alkanes of at least 4 members (excludes halogenated alkanes) is 2. The largest absolute Gasteiger partial charge is 0.446 e. The number of alkyl carbamates (subject to hydrolysis) is 2. The molecular weight excluding hydrogens is 348 g/mol. The van der Waals surface area contributed by atoms with Crippen molar-refractivity contribution in [2.24, 2.45) is 0 Å². The molecule has 0 saturated heterocycles. The fourth-order valence-electron chi connectivity index (χ4n) is 1.56. The number of carbonyl (C=O) groups is 4. The molecule has 0 saturated carbocycles. The van der Waals surface area contributed by atoms with Crippen LogP contribution in [0.4, 0.5) is 9.59 Å². The zero-order valence-corrected chi connectivity index (χ0v) is 14.9. The van der Waals surface area contributed by atoms with Crippen molar-refractivity contribution in [3.05, 3.63) is 0 Å². The summed E-state index contributed by atoms with van der Waals surface area (Å²) in [6.45, 7) is 2.00. The SMILES string of the molecule is O=CCCCOCCNC(=O)OCCOC(=O)NCCOCCCC=O. The van der Waals surface area contributed by atoms with Gasteiger partial charge in [0.25, 0.3) is 0 Å². The van der Waals surface area contributed by atoms with E-state index in [9.17, 15) is 19.2 Å². The number of hydrogen-bond acceptors (Lipinski definition) is 8. The minimum absolute atomic E-state index is 0.0678. The Kier molecular flexibility index (Phi) is 17.5. The van der Waals surface area contributed by atoms with Gasteiger partial charge in [-0.15, -0.1) is 0 Å². The first-order valence-electron chi connectivity index (χ1n) is 8.54. The second-order valence-corrected chi connectivity index (χ2v) is 4.97. The molecule has 0 aliphatic carbocycles. The molecular formula is C16H28N2O8. The van der Waals surface area contributed by atoms with Crippen LogP contribution in [0.15, 0.2) is 0 Å². The number of ether oxygens (including phenoxy) is 4. The van der Waals surface area contributed by atoms with Gasteiger partial charge in [-0.2, -0.15) is 0 Å². The van der Waals surface area contributed by atoms with Crippen LogP contribution in [0.2, 0.25) is 0 Å². The maximum absolute atomic E-state index is 11.3. The Hall–Kier alpha value is -2.20. The van der Waals surface area contributed by atoms with Gasteiger partial charge in [0, 0.05) is 39.1 Å². The fraction of sp³-hybridized carbons (Fsp3) is 0.750. The van der Waals surface area contributed by atoms with Gasteiger partial charge in [0.15, 0.2) is 0 Å². The van der Waals surface area contributed by atoms with Crippen molar-refractivity contribution in [2.45, 2.75) is 25.7 Å². The van der Waals surface area contributed by atoms with Crippen LogP contribution in [0.25, 0.3) is 0 Å². The Labute approximate surface area is 152 Å². The number of hydrogen-bond donors (Lipinski definition) is 2. The molecule has 0 aromatic carbocycles. The van der Waals surface area contributed by atoms with Crippen molar-refractivity contribution in [3.8, 4) is 0 Å². The van der Waals surface area contributed by atoms with Crippen molar-refractivity contribution < 1.29 is 38.1 Å². The lowest BCUT2D eigenvalue weighted by Crippen LogP contribution is -2.31. The fourth-order valence-corrected chi connectivity index (χ4v) is 1.56. The highest BCUT2D eigenvalue weighted by Crippen LogP contribution is 1.87. The lowest BCUT2D eigenvalue weighted by molar-refractivity contribution is -0.108. The zero-order chi connectivity index (χ0) is 19.3. The molecule has 0 bridgehead atoms. The van der Waals surface area contributed by atoms with Crippen LogP contribution in [0.1, 0.15) is 25.7 Å². The molecule has 10 heteroatoms. The van der Waals surface area contributed by atoms with E-state index in [4.69, 9.17) is 18.9 Å². The van der Waals surface area contributed by atoms with Gasteiger partial charge < -0.3 is 39.2 Å². The Balaban J connectivity index is 3.33. The minimum atomic E-state index is -0.630.